The zero-order chi connectivity index (χ0) is 22.0. The fraction of sp³-hybridized carbons (Fsp3) is 0.190. The summed E-state index contributed by atoms with van der Waals surface area (Å²) in [5.74, 6) is 0.487. The predicted molar refractivity (Wildman–Crippen MR) is 126 cm³/mol. The van der Waals surface area contributed by atoms with Crippen LogP contribution in [-0.4, -0.2) is 20.7 Å². The van der Waals surface area contributed by atoms with Gasteiger partial charge in [-0.05, 0) is 42.1 Å². The molecule has 0 spiro atoms. The summed E-state index contributed by atoms with van der Waals surface area (Å²) in [4.78, 5) is 30.8. The molecule has 0 fully saturated rings. The minimum atomic E-state index is -0.470. The number of thiophene rings is 1. The van der Waals surface area contributed by atoms with E-state index in [1.807, 2.05) is 12.3 Å². The van der Waals surface area contributed by atoms with E-state index >= 15 is 0 Å². The van der Waals surface area contributed by atoms with Crippen LogP contribution in [0.25, 0.3) is 15.9 Å². The Kier molecular flexibility index (Phi) is 6.71. The van der Waals surface area contributed by atoms with Crippen molar-refractivity contribution in [1.82, 2.24) is 14.9 Å². The number of carbonyl (C=O) groups excluding carboxylic acids is 1. The number of benzene rings is 1. The van der Waals surface area contributed by atoms with Crippen molar-refractivity contribution in [1.29, 1.82) is 0 Å². The Morgan fingerprint density at radius 3 is 2.87 bits per heavy atom. The van der Waals surface area contributed by atoms with Crippen molar-refractivity contribution in [2.45, 2.75) is 30.3 Å². The summed E-state index contributed by atoms with van der Waals surface area (Å²) >= 11 is 15.1. The van der Waals surface area contributed by atoms with Gasteiger partial charge < -0.3 is 9.73 Å². The van der Waals surface area contributed by atoms with E-state index in [1.54, 1.807) is 42.7 Å². The molecule has 1 aromatic carbocycles. The topological polar surface area (TPSA) is 77.1 Å². The first-order valence-corrected chi connectivity index (χ1v) is 11.9. The lowest BCUT2D eigenvalue weighted by atomic mass is 10.3. The van der Waals surface area contributed by atoms with Gasteiger partial charge in [0, 0.05) is 0 Å². The number of hydrogen-bond donors (Lipinski definition) is 1. The molecule has 4 rings (SSSR count). The van der Waals surface area contributed by atoms with Crippen LogP contribution >= 0.6 is 46.3 Å². The fourth-order valence-corrected chi connectivity index (χ4v) is 5.19. The van der Waals surface area contributed by atoms with Gasteiger partial charge in [-0.25, -0.2) is 4.98 Å². The Balaban J connectivity index is 1.72. The molecule has 1 amide bonds. The Hall–Kier alpha value is -2.26. The molecule has 6 nitrogen and oxygen atoms in total. The van der Waals surface area contributed by atoms with Gasteiger partial charge in [0.2, 0.25) is 5.91 Å². The van der Waals surface area contributed by atoms with Crippen LogP contribution < -0.4 is 10.9 Å². The molecule has 1 atom stereocenters. The van der Waals surface area contributed by atoms with E-state index in [0.29, 0.717) is 38.3 Å². The molecule has 0 bridgehead atoms. The van der Waals surface area contributed by atoms with E-state index in [9.17, 15) is 9.59 Å². The normalized spacial score (nSPS) is 12.2. The maximum absolute atomic E-state index is 13.3. The summed E-state index contributed by atoms with van der Waals surface area (Å²) in [5, 5.41) is 5.17. The molecular weight excluding hydrogens is 477 g/mol. The third-order valence-corrected chi connectivity index (χ3v) is 7.57. The Morgan fingerprint density at radius 1 is 1.29 bits per heavy atom. The van der Waals surface area contributed by atoms with Crippen LogP contribution in [-0.2, 0) is 11.3 Å². The lowest BCUT2D eigenvalue weighted by Crippen LogP contribution is -2.32. The van der Waals surface area contributed by atoms with Crippen molar-refractivity contribution in [3.63, 3.8) is 0 Å². The molecule has 1 unspecified atom stereocenters. The number of thioether (sulfide) groups is 1. The summed E-state index contributed by atoms with van der Waals surface area (Å²) < 4.78 is 7.21. The fourth-order valence-electron chi connectivity index (χ4n) is 3.00. The lowest BCUT2D eigenvalue weighted by Gasteiger charge is -2.18. The summed E-state index contributed by atoms with van der Waals surface area (Å²) in [5.41, 5.74) is 0.755. The maximum Gasteiger partial charge on any atom is 0.276 e. The average molecular weight is 494 g/mol. The molecule has 3 heterocycles. The van der Waals surface area contributed by atoms with Gasteiger partial charge in [0.1, 0.15) is 10.5 Å². The van der Waals surface area contributed by atoms with Crippen molar-refractivity contribution in [3.8, 4) is 5.69 Å². The van der Waals surface area contributed by atoms with E-state index in [0.717, 1.165) is 0 Å². The standard InChI is InChI=1S/C21H17Cl2N3O3S2/c1-2-16(19(27)24-11-12-5-4-9-29-12)31-21-25-14-8-10-30-18(14)20(28)26(21)15-7-3-6-13(22)17(15)23/h3-10,16H,2,11H2,1H3,(H,24,27). The van der Waals surface area contributed by atoms with Gasteiger partial charge in [-0.2, -0.15) is 0 Å². The van der Waals surface area contributed by atoms with Crippen molar-refractivity contribution >= 4 is 62.4 Å². The minimum Gasteiger partial charge on any atom is -0.467 e. The molecule has 31 heavy (non-hydrogen) atoms. The lowest BCUT2D eigenvalue weighted by molar-refractivity contribution is -0.120. The highest BCUT2D eigenvalue weighted by Gasteiger charge is 2.24. The Labute approximate surface area is 196 Å². The van der Waals surface area contributed by atoms with E-state index < -0.39 is 5.25 Å². The van der Waals surface area contributed by atoms with Crippen molar-refractivity contribution < 1.29 is 9.21 Å². The number of furan rings is 1. The van der Waals surface area contributed by atoms with Gasteiger partial charge >= 0.3 is 0 Å². The van der Waals surface area contributed by atoms with E-state index in [1.165, 1.54) is 27.7 Å². The number of rotatable bonds is 7. The predicted octanol–water partition coefficient (Wildman–Crippen LogP) is 5.53. The highest BCUT2D eigenvalue weighted by atomic mass is 35.5. The molecule has 0 radical (unpaired) electrons. The van der Waals surface area contributed by atoms with Gasteiger partial charge in [0.25, 0.3) is 5.56 Å². The number of hydrogen-bond acceptors (Lipinski definition) is 6. The first-order valence-electron chi connectivity index (χ1n) is 9.41. The van der Waals surface area contributed by atoms with Crippen LogP contribution in [0.15, 0.2) is 62.4 Å². The zero-order valence-corrected chi connectivity index (χ0v) is 19.4. The van der Waals surface area contributed by atoms with E-state index in [2.05, 4.69) is 10.3 Å². The van der Waals surface area contributed by atoms with Crippen LogP contribution in [0.3, 0.4) is 0 Å². The molecular formula is C21H17Cl2N3O3S2. The monoisotopic (exact) mass is 493 g/mol. The van der Waals surface area contributed by atoms with Crippen LogP contribution in [0.4, 0.5) is 0 Å². The van der Waals surface area contributed by atoms with Gasteiger partial charge in [0.05, 0.1) is 39.3 Å². The molecule has 160 valence electrons. The highest BCUT2D eigenvalue weighted by Crippen LogP contribution is 2.33. The number of amides is 1. The van der Waals surface area contributed by atoms with E-state index in [4.69, 9.17) is 27.6 Å². The third kappa shape index (κ3) is 4.52. The molecule has 4 aromatic rings. The first-order chi connectivity index (χ1) is 15.0. The van der Waals surface area contributed by atoms with Crippen molar-refractivity contribution in [3.05, 3.63) is 74.2 Å². The molecule has 0 aliphatic rings. The van der Waals surface area contributed by atoms with E-state index in [-0.39, 0.29) is 23.0 Å². The largest absolute Gasteiger partial charge is 0.467 e. The van der Waals surface area contributed by atoms with Gasteiger partial charge in [0.15, 0.2) is 5.16 Å². The second-order valence-corrected chi connectivity index (χ2v) is 9.43. The number of halogens is 2. The molecule has 0 aliphatic carbocycles. The molecule has 0 aliphatic heterocycles. The molecule has 0 saturated heterocycles. The quantitative estimate of drug-likeness (QED) is 0.270. The summed E-state index contributed by atoms with van der Waals surface area (Å²) in [6.45, 7) is 2.19. The van der Waals surface area contributed by atoms with Crippen LogP contribution in [0.2, 0.25) is 10.0 Å². The number of fused-ring (bicyclic) bond motifs is 1. The van der Waals surface area contributed by atoms with Crippen molar-refractivity contribution in [2.75, 3.05) is 0 Å². The zero-order valence-electron chi connectivity index (χ0n) is 16.3. The molecule has 10 heteroatoms. The second kappa shape index (κ2) is 9.48. The summed E-state index contributed by atoms with van der Waals surface area (Å²) in [6.07, 6.45) is 2.09. The highest BCUT2D eigenvalue weighted by molar-refractivity contribution is 8.00. The third-order valence-electron chi connectivity index (χ3n) is 4.55. The first kappa shape index (κ1) is 22.0. The average Bonchev–Trinajstić information content (AvgIpc) is 3.45. The number of aromatic nitrogens is 2. The molecule has 0 saturated carbocycles. The summed E-state index contributed by atoms with van der Waals surface area (Å²) in [6, 6.07) is 10.4. The molecule has 1 N–H and O–H groups in total. The van der Waals surface area contributed by atoms with Crippen LogP contribution in [0, 0.1) is 0 Å². The van der Waals surface area contributed by atoms with Gasteiger partial charge in [-0.15, -0.1) is 11.3 Å². The smallest absolute Gasteiger partial charge is 0.276 e. The van der Waals surface area contributed by atoms with Crippen LogP contribution in [0.5, 0.6) is 0 Å². The SMILES string of the molecule is CCC(Sc1nc2ccsc2c(=O)n1-c1cccc(Cl)c1Cl)C(=O)NCc1ccco1. The summed E-state index contributed by atoms with van der Waals surface area (Å²) in [7, 11) is 0. The number of nitrogens with one attached hydrogen (secondary N) is 1. The van der Waals surface area contributed by atoms with Crippen LogP contribution in [0.1, 0.15) is 19.1 Å². The second-order valence-electron chi connectivity index (χ2n) is 6.55. The van der Waals surface area contributed by atoms with Gasteiger partial charge in [-0.3, -0.25) is 14.2 Å². The van der Waals surface area contributed by atoms with Gasteiger partial charge in [-0.1, -0.05) is 48.0 Å². The minimum absolute atomic E-state index is 0.174. The maximum atomic E-state index is 13.3. The van der Waals surface area contributed by atoms with Crippen molar-refractivity contribution in [2.24, 2.45) is 0 Å². The Morgan fingerprint density at radius 2 is 2.13 bits per heavy atom. The Bertz CT molecular complexity index is 1290. The number of nitrogens with zero attached hydrogens (tertiary/aromatic N) is 2. The number of carbonyl (C=O) groups is 1. The molecule has 3 aromatic heterocycles.